The van der Waals surface area contributed by atoms with E-state index in [9.17, 15) is 19.5 Å². The van der Waals surface area contributed by atoms with Gasteiger partial charge in [0.2, 0.25) is 5.78 Å². The summed E-state index contributed by atoms with van der Waals surface area (Å²) in [7, 11) is 3.06. The van der Waals surface area contributed by atoms with Gasteiger partial charge in [0.25, 0.3) is 5.91 Å². The van der Waals surface area contributed by atoms with Crippen molar-refractivity contribution in [3.05, 3.63) is 53.3 Å². The van der Waals surface area contributed by atoms with Gasteiger partial charge in [0.1, 0.15) is 29.0 Å². The van der Waals surface area contributed by atoms with Crippen molar-refractivity contribution in [1.82, 2.24) is 5.32 Å². The normalized spacial score (nSPS) is 14.5. The lowest BCUT2D eigenvalue weighted by Gasteiger charge is -2.18. The van der Waals surface area contributed by atoms with E-state index < -0.39 is 17.9 Å². The van der Waals surface area contributed by atoms with Gasteiger partial charge in [0, 0.05) is 17.7 Å². The first-order chi connectivity index (χ1) is 15.7. The number of allylic oxidation sites excluding steroid dienone is 1. The Kier molecular flexibility index (Phi) is 7.22. The fraction of sp³-hybridized carbons (Fsp3) is 0.292. The van der Waals surface area contributed by atoms with Gasteiger partial charge < -0.3 is 29.4 Å². The standard InChI is InChI=1S/C24H25NO8/c1-13(2)22(24(28)29)25-21(26)12-32-16-7-8-17-19(11-16)33-20(23(17)27)9-14-5-6-15(30-3)10-18(14)31-4/h5-11,13,22H,12H2,1-4H3,(H,25,26)(H,28,29)/t22-/m0/s1. The quantitative estimate of drug-likeness (QED) is 0.554. The van der Waals surface area contributed by atoms with Gasteiger partial charge in [-0.05, 0) is 36.3 Å². The smallest absolute Gasteiger partial charge is 0.326 e. The number of amides is 1. The summed E-state index contributed by atoms with van der Waals surface area (Å²) in [5.74, 6) is -0.413. The molecule has 1 heterocycles. The van der Waals surface area contributed by atoms with Crippen LogP contribution in [0.4, 0.5) is 0 Å². The van der Waals surface area contributed by atoms with E-state index in [2.05, 4.69) is 5.32 Å². The number of carboxylic acid groups (broad SMARTS) is 1. The maximum absolute atomic E-state index is 12.7. The number of Topliss-reactive ketones (excluding diaryl/α,β-unsaturated/α-hetero) is 1. The molecule has 174 valence electrons. The van der Waals surface area contributed by atoms with Crippen LogP contribution in [-0.2, 0) is 9.59 Å². The van der Waals surface area contributed by atoms with E-state index in [1.165, 1.54) is 13.2 Å². The number of carboxylic acids is 1. The highest BCUT2D eigenvalue weighted by Crippen LogP contribution is 2.36. The van der Waals surface area contributed by atoms with Crippen molar-refractivity contribution in [3.8, 4) is 23.0 Å². The van der Waals surface area contributed by atoms with Crippen molar-refractivity contribution in [3.63, 3.8) is 0 Å². The summed E-state index contributed by atoms with van der Waals surface area (Å²) in [6.45, 7) is 3.01. The zero-order chi connectivity index (χ0) is 24.1. The number of benzene rings is 2. The molecule has 0 bridgehead atoms. The van der Waals surface area contributed by atoms with E-state index in [1.807, 2.05) is 0 Å². The maximum Gasteiger partial charge on any atom is 0.326 e. The molecule has 3 rings (SSSR count). The van der Waals surface area contributed by atoms with E-state index in [4.69, 9.17) is 18.9 Å². The molecule has 1 aliphatic rings. The Bertz CT molecular complexity index is 1110. The average Bonchev–Trinajstić information content (AvgIpc) is 3.10. The number of aliphatic carboxylic acids is 1. The number of ketones is 1. The summed E-state index contributed by atoms with van der Waals surface area (Å²) in [5, 5.41) is 11.6. The molecule has 2 N–H and O–H groups in total. The van der Waals surface area contributed by atoms with Crippen molar-refractivity contribution in [2.45, 2.75) is 19.9 Å². The molecule has 2 aromatic rings. The predicted molar refractivity (Wildman–Crippen MR) is 119 cm³/mol. The SMILES string of the molecule is COc1ccc(C=C2Oc3cc(OCC(=O)N[C@H](C(=O)O)C(C)C)ccc3C2=O)c(OC)c1. The average molecular weight is 455 g/mol. The molecule has 0 spiro atoms. The van der Waals surface area contributed by atoms with Crippen LogP contribution in [0.2, 0.25) is 0 Å². The number of ether oxygens (including phenoxy) is 4. The lowest BCUT2D eigenvalue weighted by molar-refractivity contribution is -0.143. The lowest BCUT2D eigenvalue weighted by Crippen LogP contribution is -2.46. The summed E-state index contributed by atoms with van der Waals surface area (Å²) in [4.78, 5) is 36.0. The second-order valence-electron chi connectivity index (χ2n) is 7.62. The van der Waals surface area contributed by atoms with Gasteiger partial charge in [-0.3, -0.25) is 9.59 Å². The molecule has 1 amide bonds. The van der Waals surface area contributed by atoms with Gasteiger partial charge >= 0.3 is 5.97 Å². The molecule has 9 nitrogen and oxygen atoms in total. The highest BCUT2D eigenvalue weighted by atomic mass is 16.5. The summed E-state index contributed by atoms with van der Waals surface area (Å²) in [5.41, 5.74) is 0.997. The number of fused-ring (bicyclic) bond motifs is 1. The zero-order valence-corrected chi connectivity index (χ0v) is 18.7. The third-order valence-electron chi connectivity index (χ3n) is 4.99. The molecule has 9 heteroatoms. The van der Waals surface area contributed by atoms with Gasteiger partial charge in [-0.15, -0.1) is 0 Å². The van der Waals surface area contributed by atoms with Crippen LogP contribution in [0, 0.1) is 5.92 Å². The Balaban J connectivity index is 1.70. The Labute approximate surface area is 190 Å². The molecule has 1 aliphatic heterocycles. The first-order valence-electron chi connectivity index (χ1n) is 10.2. The molecular formula is C24H25NO8. The van der Waals surface area contributed by atoms with Gasteiger partial charge in [0.15, 0.2) is 12.4 Å². The molecule has 0 fully saturated rings. The number of methoxy groups -OCH3 is 2. The van der Waals surface area contributed by atoms with Crippen molar-refractivity contribution < 1.29 is 38.4 Å². The molecule has 0 aliphatic carbocycles. The van der Waals surface area contributed by atoms with Crippen LogP contribution in [0.3, 0.4) is 0 Å². The van der Waals surface area contributed by atoms with Gasteiger partial charge in [0.05, 0.1) is 19.8 Å². The largest absolute Gasteiger partial charge is 0.497 e. The van der Waals surface area contributed by atoms with Crippen molar-refractivity contribution in [2.75, 3.05) is 20.8 Å². The molecule has 0 aromatic heterocycles. The number of rotatable bonds is 9. The van der Waals surface area contributed by atoms with E-state index in [0.29, 0.717) is 34.1 Å². The third-order valence-corrected chi connectivity index (χ3v) is 4.99. The molecular weight excluding hydrogens is 430 g/mol. The van der Waals surface area contributed by atoms with Crippen LogP contribution < -0.4 is 24.3 Å². The fourth-order valence-electron chi connectivity index (χ4n) is 3.21. The second-order valence-corrected chi connectivity index (χ2v) is 7.62. The van der Waals surface area contributed by atoms with E-state index in [1.54, 1.807) is 57.4 Å². The third kappa shape index (κ3) is 5.43. The number of carbonyl (C=O) groups excluding carboxylic acids is 2. The van der Waals surface area contributed by atoms with Crippen molar-refractivity contribution in [2.24, 2.45) is 5.92 Å². The first kappa shape index (κ1) is 23.6. The molecule has 33 heavy (non-hydrogen) atoms. The fourth-order valence-corrected chi connectivity index (χ4v) is 3.21. The molecule has 0 saturated heterocycles. The monoisotopic (exact) mass is 455 g/mol. The van der Waals surface area contributed by atoms with Crippen molar-refractivity contribution >= 4 is 23.7 Å². The topological polar surface area (TPSA) is 120 Å². The highest BCUT2D eigenvalue weighted by Gasteiger charge is 2.28. The number of nitrogens with one attached hydrogen (secondary N) is 1. The maximum atomic E-state index is 12.7. The Morgan fingerprint density at radius 2 is 1.82 bits per heavy atom. The zero-order valence-electron chi connectivity index (χ0n) is 18.7. The first-order valence-corrected chi connectivity index (χ1v) is 10.2. The number of hydrogen-bond acceptors (Lipinski definition) is 7. The second kappa shape index (κ2) is 10.1. The van der Waals surface area contributed by atoms with Gasteiger partial charge in [-0.2, -0.15) is 0 Å². The summed E-state index contributed by atoms with van der Waals surface area (Å²) >= 11 is 0. The Morgan fingerprint density at radius 1 is 1.09 bits per heavy atom. The molecule has 0 unspecified atom stereocenters. The van der Waals surface area contributed by atoms with Crippen LogP contribution >= 0.6 is 0 Å². The minimum absolute atomic E-state index is 0.115. The van der Waals surface area contributed by atoms with Crippen LogP contribution in [0.15, 0.2) is 42.2 Å². The van der Waals surface area contributed by atoms with Crippen molar-refractivity contribution in [1.29, 1.82) is 0 Å². The molecule has 1 atom stereocenters. The van der Waals surface area contributed by atoms with E-state index >= 15 is 0 Å². The number of hydrogen-bond donors (Lipinski definition) is 2. The molecule has 0 saturated carbocycles. The van der Waals surface area contributed by atoms with Gasteiger partial charge in [-0.25, -0.2) is 4.79 Å². The molecule has 2 aromatic carbocycles. The van der Waals surface area contributed by atoms with Crippen LogP contribution in [0.25, 0.3) is 6.08 Å². The van der Waals surface area contributed by atoms with E-state index in [0.717, 1.165) is 0 Å². The summed E-state index contributed by atoms with van der Waals surface area (Å²) in [6.07, 6.45) is 1.58. The number of carbonyl (C=O) groups is 3. The summed E-state index contributed by atoms with van der Waals surface area (Å²) in [6, 6.07) is 8.77. The van der Waals surface area contributed by atoms with E-state index in [-0.39, 0.29) is 24.1 Å². The predicted octanol–water partition coefficient (Wildman–Crippen LogP) is 2.92. The lowest BCUT2D eigenvalue weighted by atomic mass is 10.1. The molecule has 0 radical (unpaired) electrons. The van der Waals surface area contributed by atoms with Crippen LogP contribution in [-0.4, -0.2) is 49.6 Å². The Morgan fingerprint density at radius 3 is 2.45 bits per heavy atom. The van der Waals surface area contributed by atoms with Gasteiger partial charge in [-0.1, -0.05) is 13.8 Å². The highest BCUT2D eigenvalue weighted by molar-refractivity contribution is 6.14. The minimum Gasteiger partial charge on any atom is -0.497 e. The Hall–Kier alpha value is -4.01. The van der Waals surface area contributed by atoms with Crippen LogP contribution in [0.1, 0.15) is 29.8 Å². The summed E-state index contributed by atoms with van der Waals surface area (Å²) < 4.78 is 21.7. The van der Waals surface area contributed by atoms with Crippen LogP contribution in [0.5, 0.6) is 23.0 Å². The minimum atomic E-state index is -1.12.